The number of nitriles is 1. The summed E-state index contributed by atoms with van der Waals surface area (Å²) in [7, 11) is 0. The van der Waals surface area contributed by atoms with E-state index in [1.54, 1.807) is 6.92 Å². The molecule has 1 aliphatic rings. The number of fused-ring (bicyclic) bond motifs is 1. The maximum atomic E-state index is 12.7. The topological polar surface area (TPSA) is 78.7 Å². The average Bonchev–Trinajstić information content (AvgIpc) is 3.46. The van der Waals surface area contributed by atoms with Crippen LogP contribution in [0.2, 0.25) is 0 Å². The first-order valence-electron chi connectivity index (χ1n) is 9.00. The lowest BCUT2D eigenvalue weighted by Crippen LogP contribution is -2.51. The molecule has 6 heteroatoms. The highest BCUT2D eigenvalue weighted by atomic mass is 32.2. The summed E-state index contributed by atoms with van der Waals surface area (Å²) in [6.45, 7) is 7.48. The van der Waals surface area contributed by atoms with Gasteiger partial charge in [-0.2, -0.15) is 5.26 Å². The van der Waals surface area contributed by atoms with E-state index >= 15 is 0 Å². The van der Waals surface area contributed by atoms with Crippen LogP contribution >= 0.6 is 11.8 Å². The van der Waals surface area contributed by atoms with Crippen LogP contribution in [0.25, 0.3) is 10.9 Å². The predicted molar refractivity (Wildman–Crippen MR) is 104 cm³/mol. The lowest BCUT2D eigenvalue weighted by Gasteiger charge is -2.28. The van der Waals surface area contributed by atoms with Gasteiger partial charge < -0.3 is 5.32 Å². The third-order valence-corrected chi connectivity index (χ3v) is 6.06. The molecule has 1 fully saturated rings. The summed E-state index contributed by atoms with van der Waals surface area (Å²) in [5.41, 5.74) is 0.0438. The Balaban J connectivity index is 1.84. The van der Waals surface area contributed by atoms with Crippen molar-refractivity contribution in [3.8, 4) is 6.07 Å². The number of benzene rings is 1. The van der Waals surface area contributed by atoms with Gasteiger partial charge in [-0.15, -0.1) is 0 Å². The summed E-state index contributed by atoms with van der Waals surface area (Å²) in [5.74, 6) is 1.20. The predicted octanol–water partition coefficient (Wildman–Crippen LogP) is 4.04. The minimum Gasteiger partial charge on any atom is -0.337 e. The molecule has 5 nitrogen and oxygen atoms in total. The van der Waals surface area contributed by atoms with Crippen LogP contribution in [0.15, 0.2) is 29.3 Å². The molecule has 2 atom stereocenters. The van der Waals surface area contributed by atoms with E-state index in [0.717, 1.165) is 34.6 Å². The SMILES string of the molecule is CC(Sc1nc(C2CC2)nc2ccccc12)C(=O)NC(C)(C#N)C(C)C. The van der Waals surface area contributed by atoms with Crippen LogP contribution in [-0.2, 0) is 4.79 Å². The highest BCUT2D eigenvalue weighted by molar-refractivity contribution is 8.00. The minimum atomic E-state index is -0.876. The number of rotatable bonds is 6. The Labute approximate surface area is 158 Å². The Morgan fingerprint density at radius 2 is 2.00 bits per heavy atom. The van der Waals surface area contributed by atoms with Crippen LogP contribution in [0.3, 0.4) is 0 Å². The number of thioether (sulfide) groups is 1. The van der Waals surface area contributed by atoms with Gasteiger partial charge in [0.25, 0.3) is 0 Å². The number of nitrogens with one attached hydrogen (secondary N) is 1. The summed E-state index contributed by atoms with van der Waals surface area (Å²) in [6.07, 6.45) is 2.26. The smallest absolute Gasteiger partial charge is 0.234 e. The number of carbonyl (C=O) groups is 1. The molecule has 1 aromatic heterocycles. The monoisotopic (exact) mass is 368 g/mol. The summed E-state index contributed by atoms with van der Waals surface area (Å²) in [4.78, 5) is 22.1. The molecule has 1 heterocycles. The highest BCUT2D eigenvalue weighted by Crippen LogP contribution is 2.40. The van der Waals surface area contributed by atoms with E-state index in [2.05, 4.69) is 16.4 Å². The van der Waals surface area contributed by atoms with Crippen LogP contribution in [0.1, 0.15) is 52.3 Å². The van der Waals surface area contributed by atoms with E-state index in [1.165, 1.54) is 11.8 Å². The van der Waals surface area contributed by atoms with Crippen molar-refractivity contribution >= 4 is 28.6 Å². The summed E-state index contributed by atoms with van der Waals surface area (Å²) < 4.78 is 0. The lowest BCUT2D eigenvalue weighted by atomic mass is 9.90. The second-order valence-electron chi connectivity index (χ2n) is 7.40. The molecule has 0 spiro atoms. The van der Waals surface area contributed by atoms with Crippen molar-refractivity contribution in [2.75, 3.05) is 0 Å². The van der Waals surface area contributed by atoms with Gasteiger partial charge in [-0.05, 0) is 38.7 Å². The van der Waals surface area contributed by atoms with Gasteiger partial charge >= 0.3 is 0 Å². The molecule has 26 heavy (non-hydrogen) atoms. The van der Waals surface area contributed by atoms with E-state index in [-0.39, 0.29) is 17.1 Å². The summed E-state index contributed by atoms with van der Waals surface area (Å²) in [6, 6.07) is 10.1. The van der Waals surface area contributed by atoms with E-state index in [9.17, 15) is 10.1 Å². The van der Waals surface area contributed by atoms with E-state index in [0.29, 0.717) is 5.92 Å². The van der Waals surface area contributed by atoms with Gasteiger partial charge in [-0.1, -0.05) is 43.8 Å². The number of amides is 1. The third kappa shape index (κ3) is 3.83. The second kappa shape index (κ2) is 7.24. The average molecular weight is 369 g/mol. The number of carbonyl (C=O) groups excluding carboxylic acids is 1. The lowest BCUT2D eigenvalue weighted by molar-refractivity contribution is -0.121. The number of hydrogen-bond acceptors (Lipinski definition) is 5. The van der Waals surface area contributed by atoms with Crippen LogP contribution < -0.4 is 5.32 Å². The number of nitrogens with zero attached hydrogens (tertiary/aromatic N) is 3. The maximum absolute atomic E-state index is 12.7. The zero-order valence-corrected chi connectivity index (χ0v) is 16.4. The number of para-hydroxylation sites is 1. The Hall–Kier alpha value is -2.13. The molecular formula is C20H24N4OS. The van der Waals surface area contributed by atoms with Crippen LogP contribution in [0.5, 0.6) is 0 Å². The standard InChI is InChI=1S/C20H24N4OS/c1-12(2)20(4,11-21)24-18(25)13(3)26-19-15-7-5-6-8-16(15)22-17(23-19)14-9-10-14/h5-8,12-14H,9-10H2,1-4H3,(H,24,25). The highest BCUT2D eigenvalue weighted by Gasteiger charge is 2.32. The largest absolute Gasteiger partial charge is 0.337 e. The third-order valence-electron chi connectivity index (χ3n) is 4.96. The number of hydrogen-bond donors (Lipinski definition) is 1. The van der Waals surface area contributed by atoms with Crippen LogP contribution in [0, 0.1) is 17.2 Å². The molecule has 0 saturated heterocycles. The molecule has 1 aliphatic carbocycles. The van der Waals surface area contributed by atoms with Gasteiger partial charge in [0.15, 0.2) is 0 Å². The van der Waals surface area contributed by atoms with Gasteiger partial charge in [0, 0.05) is 11.3 Å². The Bertz CT molecular complexity index is 872. The molecular weight excluding hydrogens is 344 g/mol. The Morgan fingerprint density at radius 1 is 1.31 bits per heavy atom. The van der Waals surface area contributed by atoms with Gasteiger partial charge in [0.2, 0.25) is 5.91 Å². The van der Waals surface area contributed by atoms with E-state index in [4.69, 9.17) is 4.98 Å². The Kier molecular flexibility index (Phi) is 5.19. The molecule has 136 valence electrons. The molecule has 1 aromatic carbocycles. The first-order chi connectivity index (χ1) is 12.3. The first-order valence-corrected chi connectivity index (χ1v) is 9.88. The van der Waals surface area contributed by atoms with Crippen molar-refractivity contribution in [1.82, 2.24) is 15.3 Å². The second-order valence-corrected chi connectivity index (χ2v) is 8.73. The fraction of sp³-hybridized carbons (Fsp3) is 0.500. The molecule has 1 N–H and O–H groups in total. The van der Waals surface area contributed by atoms with Crippen LogP contribution in [0.4, 0.5) is 0 Å². The zero-order valence-electron chi connectivity index (χ0n) is 15.6. The van der Waals surface area contributed by atoms with Crippen molar-refractivity contribution in [3.63, 3.8) is 0 Å². The van der Waals surface area contributed by atoms with Gasteiger partial charge in [0.05, 0.1) is 16.8 Å². The van der Waals surface area contributed by atoms with Crippen LogP contribution in [-0.4, -0.2) is 26.7 Å². The molecule has 0 bridgehead atoms. The quantitative estimate of drug-likeness (QED) is 0.615. The number of aromatic nitrogens is 2. The van der Waals surface area contributed by atoms with Crippen molar-refractivity contribution in [3.05, 3.63) is 30.1 Å². The van der Waals surface area contributed by atoms with Crippen molar-refractivity contribution < 1.29 is 4.79 Å². The fourth-order valence-electron chi connectivity index (χ4n) is 2.56. The molecule has 1 saturated carbocycles. The molecule has 2 unspecified atom stereocenters. The first kappa shape index (κ1) is 18.7. The summed E-state index contributed by atoms with van der Waals surface area (Å²) in [5, 5.41) is 13.8. The van der Waals surface area contributed by atoms with Crippen molar-refractivity contribution in [2.24, 2.45) is 5.92 Å². The molecule has 1 amide bonds. The zero-order chi connectivity index (χ0) is 18.9. The fourth-order valence-corrected chi connectivity index (χ4v) is 3.51. The summed E-state index contributed by atoms with van der Waals surface area (Å²) >= 11 is 1.43. The molecule has 3 rings (SSSR count). The Morgan fingerprint density at radius 3 is 2.62 bits per heavy atom. The molecule has 2 aromatic rings. The van der Waals surface area contributed by atoms with E-state index < -0.39 is 5.54 Å². The maximum Gasteiger partial charge on any atom is 0.234 e. The van der Waals surface area contributed by atoms with Crippen molar-refractivity contribution in [1.29, 1.82) is 5.26 Å². The minimum absolute atomic E-state index is 0.0231. The van der Waals surface area contributed by atoms with Gasteiger partial charge in [-0.3, -0.25) is 4.79 Å². The van der Waals surface area contributed by atoms with Gasteiger partial charge in [0.1, 0.15) is 16.4 Å². The molecule has 0 radical (unpaired) electrons. The molecule has 0 aliphatic heterocycles. The van der Waals surface area contributed by atoms with Crippen molar-refractivity contribution in [2.45, 2.75) is 62.3 Å². The van der Waals surface area contributed by atoms with E-state index in [1.807, 2.05) is 45.0 Å². The van der Waals surface area contributed by atoms with Gasteiger partial charge in [-0.25, -0.2) is 9.97 Å². The normalized spacial score (nSPS) is 17.5.